The molecule has 0 aliphatic carbocycles. The van der Waals surface area contributed by atoms with E-state index < -0.39 is 0 Å². The minimum Gasteiger partial charge on any atom is -0.379 e. The van der Waals surface area contributed by atoms with E-state index in [-0.39, 0.29) is 5.60 Å². The zero-order valence-corrected chi connectivity index (χ0v) is 13.2. The number of hydrogen-bond donors (Lipinski definition) is 1. The largest absolute Gasteiger partial charge is 0.379 e. The number of rotatable bonds is 7. The van der Waals surface area contributed by atoms with Gasteiger partial charge < -0.3 is 10.1 Å². The van der Waals surface area contributed by atoms with Crippen LogP contribution in [0.5, 0.6) is 0 Å². The van der Waals surface area contributed by atoms with Gasteiger partial charge in [0.15, 0.2) is 0 Å². The third kappa shape index (κ3) is 4.92. The van der Waals surface area contributed by atoms with Gasteiger partial charge in [0.05, 0.1) is 11.3 Å². The molecule has 1 unspecified atom stereocenters. The van der Waals surface area contributed by atoms with Crippen molar-refractivity contribution in [1.82, 2.24) is 10.3 Å². The second kappa shape index (κ2) is 7.01. The van der Waals surface area contributed by atoms with Crippen molar-refractivity contribution >= 4 is 0 Å². The van der Waals surface area contributed by atoms with Gasteiger partial charge in [-0.1, -0.05) is 13.0 Å². The summed E-state index contributed by atoms with van der Waals surface area (Å²) in [5.41, 5.74) is 3.57. The van der Waals surface area contributed by atoms with Gasteiger partial charge in [-0.2, -0.15) is 0 Å². The standard InChI is InChI=1S/C16H28N2O/c1-7-17-14(8-9-16(4,5)19-6)15-13(3)10-12(2)11-18-15/h10-11,14,17H,7-9H2,1-6H3. The van der Waals surface area contributed by atoms with Crippen molar-refractivity contribution in [2.24, 2.45) is 0 Å². The maximum atomic E-state index is 5.50. The van der Waals surface area contributed by atoms with Gasteiger partial charge in [0.1, 0.15) is 0 Å². The van der Waals surface area contributed by atoms with Gasteiger partial charge in [0, 0.05) is 19.3 Å². The van der Waals surface area contributed by atoms with Crippen molar-refractivity contribution in [1.29, 1.82) is 0 Å². The van der Waals surface area contributed by atoms with E-state index in [1.54, 1.807) is 7.11 Å². The van der Waals surface area contributed by atoms with Crippen LogP contribution in [0.3, 0.4) is 0 Å². The van der Waals surface area contributed by atoms with Crippen LogP contribution in [0, 0.1) is 13.8 Å². The summed E-state index contributed by atoms with van der Waals surface area (Å²) in [6, 6.07) is 2.51. The van der Waals surface area contributed by atoms with E-state index in [1.165, 1.54) is 16.8 Å². The molecule has 1 aromatic rings. The first-order chi connectivity index (χ1) is 8.89. The average Bonchev–Trinajstić information content (AvgIpc) is 2.35. The van der Waals surface area contributed by atoms with Crippen molar-refractivity contribution in [3.05, 3.63) is 29.1 Å². The van der Waals surface area contributed by atoms with Gasteiger partial charge in [-0.05, 0) is 58.2 Å². The Morgan fingerprint density at radius 2 is 2.05 bits per heavy atom. The van der Waals surface area contributed by atoms with E-state index in [4.69, 9.17) is 4.74 Å². The Labute approximate surface area is 117 Å². The summed E-state index contributed by atoms with van der Waals surface area (Å²) in [4.78, 5) is 4.62. The van der Waals surface area contributed by atoms with Crippen molar-refractivity contribution in [2.75, 3.05) is 13.7 Å². The van der Waals surface area contributed by atoms with Crippen LogP contribution >= 0.6 is 0 Å². The van der Waals surface area contributed by atoms with Crippen molar-refractivity contribution in [2.45, 2.75) is 59.1 Å². The highest BCUT2D eigenvalue weighted by Gasteiger charge is 2.21. The molecule has 0 aromatic carbocycles. The van der Waals surface area contributed by atoms with Gasteiger partial charge in [-0.25, -0.2) is 0 Å². The van der Waals surface area contributed by atoms with Gasteiger partial charge in [-0.3, -0.25) is 4.98 Å². The molecular weight excluding hydrogens is 236 g/mol. The highest BCUT2D eigenvalue weighted by Crippen LogP contribution is 2.25. The molecule has 1 N–H and O–H groups in total. The molecule has 3 heteroatoms. The van der Waals surface area contributed by atoms with Crippen LogP contribution < -0.4 is 5.32 Å². The van der Waals surface area contributed by atoms with Crippen molar-refractivity contribution < 1.29 is 4.74 Å². The fourth-order valence-corrected chi connectivity index (χ4v) is 2.27. The van der Waals surface area contributed by atoms with E-state index >= 15 is 0 Å². The molecule has 19 heavy (non-hydrogen) atoms. The SMILES string of the molecule is CCNC(CCC(C)(C)OC)c1ncc(C)cc1C. The molecule has 0 spiro atoms. The number of nitrogens with zero attached hydrogens (tertiary/aromatic N) is 1. The Balaban J connectivity index is 2.82. The average molecular weight is 264 g/mol. The van der Waals surface area contributed by atoms with Gasteiger partial charge in [-0.15, -0.1) is 0 Å². The molecule has 0 radical (unpaired) electrons. The fourth-order valence-electron chi connectivity index (χ4n) is 2.27. The lowest BCUT2D eigenvalue weighted by molar-refractivity contribution is 0.0116. The normalized spacial score (nSPS) is 13.6. The van der Waals surface area contributed by atoms with E-state index in [2.05, 4.69) is 51.0 Å². The third-order valence-electron chi connectivity index (χ3n) is 3.62. The first-order valence-electron chi connectivity index (χ1n) is 7.11. The van der Waals surface area contributed by atoms with Gasteiger partial charge >= 0.3 is 0 Å². The molecule has 0 saturated heterocycles. The first-order valence-corrected chi connectivity index (χ1v) is 7.11. The van der Waals surface area contributed by atoms with Crippen molar-refractivity contribution in [3.63, 3.8) is 0 Å². The van der Waals surface area contributed by atoms with Crippen molar-refractivity contribution in [3.8, 4) is 0 Å². The lowest BCUT2D eigenvalue weighted by Crippen LogP contribution is -2.28. The summed E-state index contributed by atoms with van der Waals surface area (Å²) in [5, 5.41) is 3.54. The highest BCUT2D eigenvalue weighted by molar-refractivity contribution is 5.25. The molecule has 108 valence electrons. The van der Waals surface area contributed by atoms with E-state index in [0.717, 1.165) is 19.4 Å². The molecule has 0 aliphatic heterocycles. The zero-order chi connectivity index (χ0) is 14.5. The number of hydrogen-bond acceptors (Lipinski definition) is 3. The summed E-state index contributed by atoms with van der Waals surface area (Å²) >= 11 is 0. The molecule has 1 rings (SSSR count). The summed E-state index contributed by atoms with van der Waals surface area (Å²) in [5.74, 6) is 0. The van der Waals surface area contributed by atoms with Crippen LogP contribution in [-0.4, -0.2) is 24.2 Å². The highest BCUT2D eigenvalue weighted by atomic mass is 16.5. The smallest absolute Gasteiger partial charge is 0.0623 e. The second-order valence-electron chi connectivity index (χ2n) is 5.83. The molecule has 0 aliphatic rings. The Bertz CT molecular complexity index is 402. The zero-order valence-electron chi connectivity index (χ0n) is 13.2. The van der Waals surface area contributed by atoms with Crippen LogP contribution in [0.1, 0.15) is 56.5 Å². The molecule has 1 heterocycles. The second-order valence-corrected chi connectivity index (χ2v) is 5.83. The first kappa shape index (κ1) is 16.1. The number of aryl methyl sites for hydroxylation is 2. The number of pyridine rings is 1. The summed E-state index contributed by atoms with van der Waals surface area (Å²) < 4.78 is 5.50. The Morgan fingerprint density at radius 1 is 1.37 bits per heavy atom. The van der Waals surface area contributed by atoms with E-state index in [1.807, 2.05) is 6.20 Å². The summed E-state index contributed by atoms with van der Waals surface area (Å²) in [7, 11) is 1.78. The number of ether oxygens (including phenoxy) is 1. The maximum absolute atomic E-state index is 5.50. The predicted octanol–water partition coefficient (Wildman–Crippen LogP) is 3.55. The Kier molecular flexibility index (Phi) is 5.95. The van der Waals surface area contributed by atoms with Gasteiger partial charge in [0.2, 0.25) is 0 Å². The van der Waals surface area contributed by atoms with Gasteiger partial charge in [0.25, 0.3) is 0 Å². The summed E-state index contributed by atoms with van der Waals surface area (Å²) in [6.45, 7) is 11.6. The Hall–Kier alpha value is -0.930. The fraction of sp³-hybridized carbons (Fsp3) is 0.688. The lowest BCUT2D eigenvalue weighted by atomic mass is 9.95. The van der Waals surface area contributed by atoms with E-state index in [9.17, 15) is 0 Å². The maximum Gasteiger partial charge on any atom is 0.0623 e. The molecule has 1 atom stereocenters. The molecule has 0 amide bonds. The lowest BCUT2D eigenvalue weighted by Gasteiger charge is -2.26. The number of methoxy groups -OCH3 is 1. The Morgan fingerprint density at radius 3 is 2.58 bits per heavy atom. The minimum atomic E-state index is -0.0771. The topological polar surface area (TPSA) is 34.1 Å². The van der Waals surface area contributed by atoms with Crippen LogP contribution in [0.25, 0.3) is 0 Å². The third-order valence-corrected chi connectivity index (χ3v) is 3.62. The molecule has 1 aromatic heterocycles. The molecule has 0 saturated carbocycles. The monoisotopic (exact) mass is 264 g/mol. The molecule has 0 fully saturated rings. The number of aromatic nitrogens is 1. The van der Waals surface area contributed by atoms with E-state index in [0.29, 0.717) is 6.04 Å². The van der Waals surface area contributed by atoms with Crippen LogP contribution in [-0.2, 0) is 4.74 Å². The minimum absolute atomic E-state index is 0.0771. The van der Waals surface area contributed by atoms with Crippen LogP contribution in [0.15, 0.2) is 12.3 Å². The molecule has 0 bridgehead atoms. The number of nitrogens with one attached hydrogen (secondary N) is 1. The quantitative estimate of drug-likeness (QED) is 0.817. The molecule has 3 nitrogen and oxygen atoms in total. The van der Waals surface area contributed by atoms with Crippen LogP contribution in [0.4, 0.5) is 0 Å². The molecular formula is C16H28N2O. The summed E-state index contributed by atoms with van der Waals surface area (Å²) in [6.07, 6.45) is 4.00. The van der Waals surface area contributed by atoms with Crippen LogP contribution in [0.2, 0.25) is 0 Å². The predicted molar refractivity (Wildman–Crippen MR) is 80.5 cm³/mol.